The molecule has 0 aliphatic carbocycles. The minimum atomic E-state index is -3.83. The summed E-state index contributed by atoms with van der Waals surface area (Å²) in [7, 11) is 0.666. The van der Waals surface area contributed by atoms with Crippen LogP contribution in [-0.4, -0.2) is 46.4 Å². The Morgan fingerprint density at radius 1 is 1.03 bits per heavy atom. The van der Waals surface area contributed by atoms with Crippen molar-refractivity contribution in [2.75, 3.05) is 32.1 Å². The highest BCUT2D eigenvalue weighted by Gasteiger charge is 2.28. The molecule has 1 atom stereocenters. The summed E-state index contributed by atoms with van der Waals surface area (Å²) in [4.78, 5) is 12.9. The molecule has 8 heteroatoms. The van der Waals surface area contributed by atoms with Crippen LogP contribution in [0.1, 0.15) is 31.9 Å². The Kier molecular flexibility index (Phi) is 8.25. The van der Waals surface area contributed by atoms with Crippen molar-refractivity contribution in [3.05, 3.63) is 60.2 Å². The molecule has 30 heavy (non-hydrogen) atoms. The Morgan fingerprint density at radius 2 is 1.63 bits per heavy atom. The molecule has 1 N–H and O–H groups in total. The summed E-state index contributed by atoms with van der Waals surface area (Å²) < 4.78 is 33.1. The van der Waals surface area contributed by atoms with Crippen molar-refractivity contribution in [2.24, 2.45) is 5.92 Å². The number of amides is 1. The molecule has 0 aliphatic rings. The number of rotatable bonds is 10. The third-order valence-corrected chi connectivity index (χ3v) is 6.45. The molecule has 0 fully saturated rings. The molecule has 0 radical (unpaired) electrons. The van der Waals surface area contributed by atoms with Crippen LogP contribution in [-0.2, 0) is 15.0 Å². The molecule has 1 amide bonds. The summed E-state index contributed by atoms with van der Waals surface area (Å²) >= 11 is 0. The zero-order valence-electron chi connectivity index (χ0n) is 18.2. The summed E-state index contributed by atoms with van der Waals surface area (Å²) in [5, 5.41) is 3.01. The maximum Gasteiger partial charge on any atom is 0.304 e. The first kappa shape index (κ1) is 23.7. The SMILES string of the molecule is COc1ccc([C@H](CC(C)C)NC(=O)CN(c2ccccc2)S(=O)(=O)N(C)C)cc1. The number of para-hydroxylation sites is 1. The number of nitrogens with zero attached hydrogens (tertiary/aromatic N) is 2. The number of hydrogen-bond acceptors (Lipinski definition) is 4. The quantitative estimate of drug-likeness (QED) is 0.624. The Labute approximate surface area is 179 Å². The minimum absolute atomic E-state index is 0.233. The Balaban J connectivity index is 2.25. The van der Waals surface area contributed by atoms with Gasteiger partial charge in [0.2, 0.25) is 5.91 Å². The first-order valence-electron chi connectivity index (χ1n) is 9.83. The molecule has 0 aliphatic heterocycles. The molecule has 164 valence electrons. The van der Waals surface area contributed by atoms with Gasteiger partial charge in [-0.15, -0.1) is 0 Å². The Morgan fingerprint density at radius 3 is 2.13 bits per heavy atom. The van der Waals surface area contributed by atoms with Crippen LogP contribution in [0.25, 0.3) is 0 Å². The van der Waals surface area contributed by atoms with E-state index in [1.807, 2.05) is 24.3 Å². The lowest BCUT2D eigenvalue weighted by molar-refractivity contribution is -0.120. The maximum atomic E-state index is 12.9. The molecule has 0 saturated carbocycles. The standard InChI is InChI=1S/C22H31N3O4S/c1-17(2)15-21(18-11-13-20(29-5)14-12-18)23-22(26)16-25(30(27,28)24(3)4)19-9-7-6-8-10-19/h6-14,17,21H,15-16H2,1-5H3,(H,23,26)/t21-/m0/s1. The number of carbonyl (C=O) groups excluding carboxylic acids is 1. The van der Waals surface area contributed by atoms with Gasteiger partial charge in [-0.3, -0.25) is 4.79 Å². The second-order valence-electron chi connectivity index (χ2n) is 7.66. The predicted molar refractivity (Wildman–Crippen MR) is 120 cm³/mol. The van der Waals surface area contributed by atoms with Crippen LogP contribution in [0.5, 0.6) is 5.75 Å². The van der Waals surface area contributed by atoms with Gasteiger partial charge >= 0.3 is 10.2 Å². The number of hydrogen-bond donors (Lipinski definition) is 1. The van der Waals surface area contributed by atoms with Crippen molar-refractivity contribution in [3.63, 3.8) is 0 Å². The van der Waals surface area contributed by atoms with Crippen LogP contribution < -0.4 is 14.4 Å². The predicted octanol–water partition coefficient (Wildman–Crippen LogP) is 3.21. The van der Waals surface area contributed by atoms with Gasteiger partial charge in [0.05, 0.1) is 18.8 Å². The third kappa shape index (κ3) is 6.21. The van der Waals surface area contributed by atoms with E-state index >= 15 is 0 Å². The van der Waals surface area contributed by atoms with Gasteiger partial charge in [0.25, 0.3) is 0 Å². The molecule has 0 saturated heterocycles. The summed E-state index contributed by atoms with van der Waals surface area (Å²) in [6.07, 6.45) is 0.726. The van der Waals surface area contributed by atoms with Crippen LogP contribution in [0.15, 0.2) is 54.6 Å². The van der Waals surface area contributed by atoms with Crippen LogP contribution in [0, 0.1) is 5.92 Å². The van der Waals surface area contributed by atoms with E-state index in [1.165, 1.54) is 14.1 Å². The highest BCUT2D eigenvalue weighted by Crippen LogP contribution is 2.24. The molecule has 2 aromatic carbocycles. The van der Waals surface area contributed by atoms with Gasteiger partial charge in [-0.2, -0.15) is 12.7 Å². The van der Waals surface area contributed by atoms with Crippen molar-refractivity contribution >= 4 is 21.8 Å². The largest absolute Gasteiger partial charge is 0.497 e. The van der Waals surface area contributed by atoms with Gasteiger partial charge in [-0.05, 0) is 42.2 Å². The molecule has 0 unspecified atom stereocenters. The summed E-state index contributed by atoms with van der Waals surface area (Å²) in [6, 6.07) is 15.9. The molecule has 0 bridgehead atoms. The zero-order valence-corrected chi connectivity index (χ0v) is 19.0. The number of anilines is 1. The molecule has 7 nitrogen and oxygen atoms in total. The fourth-order valence-corrected chi connectivity index (χ4v) is 4.12. The monoisotopic (exact) mass is 433 g/mol. The lowest BCUT2D eigenvalue weighted by atomic mass is 9.97. The van der Waals surface area contributed by atoms with Crippen molar-refractivity contribution in [2.45, 2.75) is 26.3 Å². The van der Waals surface area contributed by atoms with E-state index < -0.39 is 10.2 Å². The van der Waals surface area contributed by atoms with Gasteiger partial charge in [0.15, 0.2) is 0 Å². The van der Waals surface area contributed by atoms with Gasteiger partial charge in [0, 0.05) is 14.1 Å². The second kappa shape index (κ2) is 10.4. The number of nitrogens with one attached hydrogen (secondary N) is 1. The molecule has 2 aromatic rings. The third-order valence-electron chi connectivity index (χ3n) is 4.63. The van der Waals surface area contributed by atoms with Crippen molar-refractivity contribution in [1.29, 1.82) is 0 Å². The first-order chi connectivity index (χ1) is 14.1. The van der Waals surface area contributed by atoms with Crippen LogP contribution >= 0.6 is 0 Å². The second-order valence-corrected chi connectivity index (χ2v) is 9.72. The fraction of sp³-hybridized carbons (Fsp3) is 0.409. The van der Waals surface area contributed by atoms with Gasteiger partial charge in [0.1, 0.15) is 12.3 Å². The van der Waals surface area contributed by atoms with E-state index in [0.29, 0.717) is 11.6 Å². The molecule has 0 spiro atoms. The highest BCUT2D eigenvalue weighted by molar-refractivity contribution is 7.90. The normalized spacial score (nSPS) is 12.6. The molecular formula is C22H31N3O4S. The highest BCUT2D eigenvalue weighted by atomic mass is 32.2. The van der Waals surface area contributed by atoms with E-state index in [9.17, 15) is 13.2 Å². The smallest absolute Gasteiger partial charge is 0.304 e. The maximum absolute atomic E-state index is 12.9. The minimum Gasteiger partial charge on any atom is -0.497 e. The van der Waals surface area contributed by atoms with Crippen LogP contribution in [0.3, 0.4) is 0 Å². The topological polar surface area (TPSA) is 79.0 Å². The lowest BCUT2D eigenvalue weighted by Crippen LogP contribution is -2.46. The first-order valence-corrected chi connectivity index (χ1v) is 11.2. The number of benzene rings is 2. The molecular weight excluding hydrogens is 402 g/mol. The van der Waals surface area contributed by atoms with E-state index in [-0.39, 0.29) is 18.5 Å². The average molecular weight is 434 g/mol. The molecule has 0 heterocycles. The number of methoxy groups -OCH3 is 1. The number of carbonyl (C=O) groups is 1. The van der Waals surface area contributed by atoms with Crippen molar-refractivity contribution in [3.8, 4) is 5.75 Å². The lowest BCUT2D eigenvalue weighted by Gasteiger charge is -2.28. The molecule has 2 rings (SSSR count). The van der Waals surface area contributed by atoms with E-state index in [0.717, 1.165) is 26.3 Å². The summed E-state index contributed by atoms with van der Waals surface area (Å²) in [5.41, 5.74) is 1.38. The average Bonchev–Trinajstić information content (AvgIpc) is 2.71. The zero-order chi connectivity index (χ0) is 22.3. The van der Waals surface area contributed by atoms with Crippen molar-refractivity contribution < 1.29 is 17.9 Å². The summed E-state index contributed by atoms with van der Waals surface area (Å²) in [5.74, 6) is 0.708. The van der Waals surface area contributed by atoms with E-state index in [2.05, 4.69) is 19.2 Å². The van der Waals surface area contributed by atoms with E-state index in [4.69, 9.17) is 4.74 Å². The number of ether oxygens (including phenoxy) is 1. The van der Waals surface area contributed by atoms with Crippen LogP contribution in [0.2, 0.25) is 0 Å². The summed E-state index contributed by atoms with van der Waals surface area (Å²) in [6.45, 7) is 3.85. The Bertz CT molecular complexity index is 913. The van der Waals surface area contributed by atoms with Crippen LogP contribution in [0.4, 0.5) is 5.69 Å². The van der Waals surface area contributed by atoms with E-state index in [1.54, 1.807) is 37.4 Å². The van der Waals surface area contributed by atoms with Crippen molar-refractivity contribution in [1.82, 2.24) is 9.62 Å². The fourth-order valence-electron chi connectivity index (χ4n) is 3.05. The molecule has 0 aromatic heterocycles. The van der Waals surface area contributed by atoms with Gasteiger partial charge < -0.3 is 10.1 Å². The van der Waals surface area contributed by atoms with Gasteiger partial charge in [-0.25, -0.2) is 4.31 Å². The van der Waals surface area contributed by atoms with Gasteiger partial charge in [-0.1, -0.05) is 44.2 Å². The Hall–Kier alpha value is -2.58.